The van der Waals surface area contributed by atoms with E-state index in [1.165, 1.54) is 0 Å². The number of aromatic amines is 2. The van der Waals surface area contributed by atoms with Gasteiger partial charge in [-0.3, -0.25) is 4.98 Å². The number of nitrogens with one attached hydrogen (secondary N) is 2. The van der Waals surface area contributed by atoms with Crippen LogP contribution in [0.5, 0.6) is 0 Å². The molecule has 0 radical (unpaired) electrons. The van der Waals surface area contributed by atoms with E-state index >= 15 is 0 Å². The van der Waals surface area contributed by atoms with Crippen molar-refractivity contribution in [2.24, 2.45) is 0 Å². The molecule has 3 aromatic rings. The van der Waals surface area contributed by atoms with Gasteiger partial charge >= 0.3 is 21.0 Å². The number of thiol groups is 1. The van der Waals surface area contributed by atoms with Crippen LogP contribution >= 0.6 is 0 Å². The summed E-state index contributed by atoms with van der Waals surface area (Å²) >= 11 is 1.06. The van der Waals surface area contributed by atoms with E-state index in [-0.39, 0.29) is 13.5 Å². The molecule has 2 N–H and O–H groups in total. The fourth-order valence-corrected chi connectivity index (χ4v) is 2.88. The van der Waals surface area contributed by atoms with E-state index in [2.05, 4.69) is 50.3 Å². The summed E-state index contributed by atoms with van der Waals surface area (Å²) in [5.74, 6) is 0. The van der Waals surface area contributed by atoms with Crippen LogP contribution in [0.25, 0.3) is 40.3 Å². The second-order valence-corrected chi connectivity index (χ2v) is 5.82. The molecule has 27 heavy (non-hydrogen) atoms. The fourth-order valence-electron chi connectivity index (χ4n) is 2.88. The minimum Gasteiger partial charge on any atom is -0.813 e. The standard InChI is InChI=1S/C20H13N4.O.H2S.V/c1-2-14-10-16-5-6-18(23-16)12-20-8-7-19(24-20)11-17-4-3-15(22-17)9-13(1)21-14;;;/h1-7,9-12,21,23H;;1H2;/q-1;;;+2/p-1. The topological polar surface area (TPSA) is 74.4 Å². The fraction of sp³-hybridized carbons (Fsp3) is 0. The van der Waals surface area contributed by atoms with Gasteiger partial charge in [0.15, 0.2) is 0 Å². The number of hydrogen-bond donors (Lipinski definition) is 2. The first-order valence-corrected chi connectivity index (χ1v) is 8.52. The summed E-state index contributed by atoms with van der Waals surface area (Å²) in [5, 5.41) is 0. The van der Waals surface area contributed by atoms with E-state index < -0.39 is 0 Å². The van der Waals surface area contributed by atoms with Crippen molar-refractivity contribution in [2.75, 3.05) is 0 Å². The van der Waals surface area contributed by atoms with Crippen molar-refractivity contribution in [3.05, 3.63) is 77.4 Å². The molecule has 2 aliphatic heterocycles. The maximum Gasteiger partial charge on any atom is -0.813 e. The predicted octanol–water partition coefficient (Wildman–Crippen LogP) is 3.96. The van der Waals surface area contributed by atoms with Crippen molar-refractivity contribution in [3.63, 3.8) is 0 Å². The number of hydrogen-bond acceptors (Lipinski definition) is 4. The summed E-state index contributed by atoms with van der Waals surface area (Å²) in [6, 6.07) is 16.3. The third-order valence-corrected chi connectivity index (χ3v) is 3.97. The monoisotopic (exact) mass is 409 g/mol. The molecule has 5 heterocycles. The molecule has 0 atom stereocenters. The van der Waals surface area contributed by atoms with Gasteiger partial charge in [-0.2, -0.15) is 6.08 Å². The summed E-state index contributed by atoms with van der Waals surface area (Å²) in [6.45, 7) is 0. The predicted molar refractivity (Wildman–Crippen MR) is 106 cm³/mol. The van der Waals surface area contributed by atoms with E-state index in [9.17, 15) is 0 Å². The Morgan fingerprint density at radius 1 is 0.704 bits per heavy atom. The minimum absolute atomic E-state index is 0. The van der Waals surface area contributed by atoms with Crippen molar-refractivity contribution in [2.45, 2.75) is 0 Å². The van der Waals surface area contributed by atoms with Gasteiger partial charge in [0, 0.05) is 16.6 Å². The van der Waals surface area contributed by atoms with Crippen molar-refractivity contribution >= 4 is 53.8 Å². The quantitative estimate of drug-likeness (QED) is 0.231. The number of rotatable bonds is 0. The molecule has 0 aliphatic carbocycles. The van der Waals surface area contributed by atoms with E-state index in [0.717, 1.165) is 62.2 Å². The summed E-state index contributed by atoms with van der Waals surface area (Å²) in [7, 11) is 0. The van der Waals surface area contributed by atoms with Gasteiger partial charge in [-0.05, 0) is 59.8 Å². The van der Waals surface area contributed by atoms with Gasteiger partial charge in [-0.1, -0.05) is 11.8 Å². The first kappa shape index (κ1) is 19.1. The van der Waals surface area contributed by atoms with Crippen LogP contribution in [0, 0.1) is 6.08 Å². The van der Waals surface area contributed by atoms with Crippen LogP contribution in [0.15, 0.2) is 48.5 Å². The Kier molecular flexibility index (Phi) is 5.91. The SMILES string of the molecule is [C-]1=Cc2cc3nc(cc4ccc(cc5ccc(cc1n2)[nH]5)[nH]4)C=C3.[O]=[V+2].[SH-]. The molecule has 0 fully saturated rings. The second kappa shape index (κ2) is 8.35. The molecule has 3 aromatic heterocycles. The zero-order valence-corrected chi connectivity index (χ0v) is 16.3. The average Bonchev–Trinajstić information content (AvgIpc) is 3.42. The summed E-state index contributed by atoms with van der Waals surface area (Å²) in [6.07, 6.45) is 9.06. The smallest absolute Gasteiger partial charge is 0.813 e. The summed E-state index contributed by atoms with van der Waals surface area (Å²) in [4.78, 5) is 15.9. The van der Waals surface area contributed by atoms with Crippen LogP contribution in [0.4, 0.5) is 0 Å². The van der Waals surface area contributed by atoms with E-state index in [1.807, 2.05) is 42.5 Å². The van der Waals surface area contributed by atoms with Crippen molar-refractivity contribution in [3.8, 4) is 0 Å². The van der Waals surface area contributed by atoms with Gasteiger partial charge in [-0.25, -0.2) is 0 Å². The van der Waals surface area contributed by atoms with Gasteiger partial charge in [0.05, 0.1) is 11.4 Å². The van der Waals surface area contributed by atoms with Crippen LogP contribution in [-0.4, -0.2) is 19.9 Å². The zero-order valence-electron chi connectivity index (χ0n) is 14.0. The molecule has 5 nitrogen and oxygen atoms in total. The summed E-state index contributed by atoms with van der Waals surface area (Å²) < 4.78 is 8.19. The van der Waals surface area contributed by atoms with Crippen LogP contribution in [0.1, 0.15) is 22.8 Å². The molecular formula is C20H14N4OSV. The second-order valence-electron chi connectivity index (χ2n) is 5.82. The summed E-state index contributed by atoms with van der Waals surface area (Å²) in [5.41, 5.74) is 7.59. The Hall–Kier alpha value is -2.67. The van der Waals surface area contributed by atoms with Crippen molar-refractivity contribution < 1.29 is 21.0 Å². The number of nitrogens with zero attached hydrogens (tertiary/aromatic N) is 2. The van der Waals surface area contributed by atoms with Gasteiger partial charge in [0.2, 0.25) is 0 Å². The molecule has 8 bridgehead atoms. The Balaban J connectivity index is 0.000000680. The maximum absolute atomic E-state index is 8.19. The molecule has 0 saturated heterocycles. The number of H-pyrrole nitrogens is 2. The van der Waals surface area contributed by atoms with Crippen LogP contribution < -0.4 is 0 Å². The maximum atomic E-state index is 8.19. The first-order chi connectivity index (χ1) is 12.8. The van der Waals surface area contributed by atoms with E-state index in [1.54, 1.807) is 0 Å². The molecule has 0 aromatic carbocycles. The van der Waals surface area contributed by atoms with Crippen molar-refractivity contribution in [1.82, 2.24) is 19.9 Å². The first-order valence-electron chi connectivity index (χ1n) is 7.95. The van der Waals surface area contributed by atoms with E-state index in [4.69, 9.17) is 3.67 Å². The van der Waals surface area contributed by atoms with Crippen LogP contribution in [0.3, 0.4) is 0 Å². The Labute approximate surface area is 171 Å². The molecule has 5 rings (SSSR count). The number of fused-ring (bicyclic) bond motifs is 8. The normalized spacial score (nSPS) is 11.5. The largest absolute Gasteiger partial charge is 0.813 e. The minimum atomic E-state index is 0. The average molecular weight is 409 g/mol. The number of aromatic nitrogens is 4. The molecule has 0 saturated carbocycles. The van der Waals surface area contributed by atoms with Crippen molar-refractivity contribution in [1.29, 1.82) is 0 Å². The van der Waals surface area contributed by atoms with E-state index in [0.29, 0.717) is 0 Å². The third-order valence-electron chi connectivity index (χ3n) is 3.97. The zero-order chi connectivity index (χ0) is 17.9. The van der Waals surface area contributed by atoms with Gasteiger partial charge in [-0.15, -0.1) is 12.1 Å². The van der Waals surface area contributed by atoms with Gasteiger partial charge in [0.1, 0.15) is 0 Å². The van der Waals surface area contributed by atoms with Crippen LogP contribution in [-0.2, 0) is 34.5 Å². The molecule has 0 amide bonds. The Bertz CT molecular complexity index is 1100. The molecule has 0 unspecified atom stereocenters. The molecule has 131 valence electrons. The molecule has 2 aliphatic rings. The molecule has 7 heteroatoms. The van der Waals surface area contributed by atoms with Gasteiger partial charge in [0.25, 0.3) is 0 Å². The molecular weight excluding hydrogens is 395 g/mol. The third kappa shape index (κ3) is 4.36. The Morgan fingerprint density at radius 3 is 1.93 bits per heavy atom. The Morgan fingerprint density at radius 2 is 1.26 bits per heavy atom. The van der Waals surface area contributed by atoms with Crippen LogP contribution in [0.2, 0.25) is 0 Å². The van der Waals surface area contributed by atoms with Gasteiger partial charge < -0.3 is 28.4 Å². The molecule has 0 spiro atoms.